The molecule has 2 heterocycles. The van der Waals surface area contributed by atoms with Gasteiger partial charge in [0.2, 0.25) is 5.91 Å². The van der Waals surface area contributed by atoms with Crippen LogP contribution in [0.25, 0.3) is 0 Å². The number of aliphatic hydroxyl groups is 1. The Kier molecular flexibility index (Phi) is 13.2. The highest BCUT2D eigenvalue weighted by molar-refractivity contribution is 7.83. The smallest absolute Gasteiger partial charge is 0.235 e. The molecule has 5 unspecified atom stereocenters. The second-order valence-electron chi connectivity index (χ2n) is 11.2. The molecule has 8 heteroatoms. The molecule has 0 saturated carbocycles. The summed E-state index contributed by atoms with van der Waals surface area (Å²) in [4.78, 5) is 15.9. The van der Waals surface area contributed by atoms with E-state index < -0.39 is 11.0 Å². The van der Waals surface area contributed by atoms with E-state index in [-0.39, 0.29) is 23.7 Å². The van der Waals surface area contributed by atoms with Crippen LogP contribution in [0.5, 0.6) is 5.75 Å². The summed E-state index contributed by atoms with van der Waals surface area (Å²) in [7, 11) is -0.642. The zero-order chi connectivity index (χ0) is 29.9. The predicted molar refractivity (Wildman–Crippen MR) is 170 cm³/mol. The first-order valence-electron chi connectivity index (χ1n) is 14.9. The largest absolute Gasteiger partial charge is 0.491 e. The zero-order valence-corrected chi connectivity index (χ0v) is 26.8. The minimum absolute atomic E-state index is 0.171. The van der Waals surface area contributed by atoms with Crippen LogP contribution in [0.2, 0.25) is 5.02 Å². The molecular formula is C33H47ClN2O4S. The number of carbonyl (C=O) groups excluding carboxylic acids is 1. The highest BCUT2D eigenvalue weighted by Crippen LogP contribution is 2.38. The van der Waals surface area contributed by atoms with Gasteiger partial charge in [0.25, 0.3) is 0 Å². The fourth-order valence-electron chi connectivity index (χ4n) is 5.58. The maximum absolute atomic E-state index is 13.3. The third kappa shape index (κ3) is 8.82. The van der Waals surface area contributed by atoms with Gasteiger partial charge in [0, 0.05) is 37.1 Å². The quantitative estimate of drug-likeness (QED) is 0.366. The van der Waals surface area contributed by atoms with E-state index in [0.717, 1.165) is 75.2 Å². The second-order valence-corrected chi connectivity index (χ2v) is 12.8. The van der Waals surface area contributed by atoms with Crippen molar-refractivity contribution in [1.82, 2.24) is 4.72 Å². The topological polar surface area (TPSA) is 78.9 Å². The third-order valence-electron chi connectivity index (χ3n) is 8.42. The molecule has 0 fully saturated rings. The fraction of sp³-hybridized carbons (Fsp3) is 0.545. The Morgan fingerprint density at radius 2 is 1.85 bits per heavy atom. The van der Waals surface area contributed by atoms with Crippen molar-refractivity contribution < 1.29 is 18.8 Å². The third-order valence-corrected chi connectivity index (χ3v) is 9.72. The summed E-state index contributed by atoms with van der Waals surface area (Å²) >= 11 is 6.38. The van der Waals surface area contributed by atoms with E-state index >= 15 is 0 Å². The number of nitrogens with zero attached hydrogens (tertiary/aromatic N) is 1. The number of anilines is 1. The molecule has 2 aromatic carbocycles. The number of allylic oxidation sites excluding steroid dienone is 2. The number of halogens is 1. The SMILES string of the molecule is CCCc1cc(Cl)ccc1C1COc2ccc3cc2N(CCC(CC)C/C=C/CC(C)C(C)C(=O)NS3=O)C1.CO. The van der Waals surface area contributed by atoms with Crippen LogP contribution < -0.4 is 14.4 Å². The lowest BCUT2D eigenvalue weighted by Gasteiger charge is -2.29. The average molecular weight is 603 g/mol. The number of benzene rings is 2. The first-order chi connectivity index (χ1) is 19.8. The number of fused-ring (bicyclic) bond motifs is 1. The molecule has 0 radical (unpaired) electrons. The van der Waals surface area contributed by atoms with E-state index in [0.29, 0.717) is 17.4 Å². The molecule has 0 saturated heterocycles. The molecule has 41 heavy (non-hydrogen) atoms. The fourth-order valence-corrected chi connectivity index (χ4v) is 6.67. The molecule has 2 N–H and O–H groups in total. The Labute approximate surface area is 254 Å². The first-order valence-corrected chi connectivity index (χ1v) is 16.5. The number of hydrogen-bond donors (Lipinski definition) is 2. The number of ether oxygens (including phenoxy) is 1. The van der Waals surface area contributed by atoms with Gasteiger partial charge in [0.1, 0.15) is 5.75 Å². The predicted octanol–water partition coefficient (Wildman–Crippen LogP) is 7.06. The van der Waals surface area contributed by atoms with Crippen molar-refractivity contribution >= 4 is 34.2 Å². The minimum atomic E-state index is -1.64. The minimum Gasteiger partial charge on any atom is -0.491 e. The maximum Gasteiger partial charge on any atom is 0.235 e. The normalized spacial score (nSPS) is 26.1. The van der Waals surface area contributed by atoms with Gasteiger partial charge in [-0.05, 0) is 79.0 Å². The van der Waals surface area contributed by atoms with Crippen LogP contribution in [0.1, 0.15) is 76.8 Å². The molecule has 0 aromatic heterocycles. The standard InChI is InChI=1S/C32H43ClN2O3S.CH4O/c1-5-9-25-18-27(33)12-14-29(25)26-20-35-17-16-24(6-2)11-8-7-10-22(3)23(4)32(36)34-39(37)28-13-15-31(38-21-26)30(35)19-28;1-2/h7-8,12-15,18-19,22-24,26H,5-6,9-11,16-17,20-21H2,1-4H3,(H,34,36);2H,1H3/b8-7+;. The number of amides is 1. The highest BCUT2D eigenvalue weighted by Gasteiger charge is 2.28. The molecule has 1 amide bonds. The summed E-state index contributed by atoms with van der Waals surface area (Å²) < 4.78 is 22.4. The molecule has 2 aliphatic rings. The van der Waals surface area contributed by atoms with Gasteiger partial charge in [0.05, 0.1) is 17.2 Å². The summed E-state index contributed by atoms with van der Waals surface area (Å²) in [6, 6.07) is 11.9. The van der Waals surface area contributed by atoms with Gasteiger partial charge in [-0.15, -0.1) is 0 Å². The molecule has 2 aliphatic heterocycles. The second kappa shape index (κ2) is 16.3. The van der Waals surface area contributed by atoms with E-state index in [1.165, 1.54) is 11.1 Å². The van der Waals surface area contributed by atoms with Gasteiger partial charge in [0.15, 0.2) is 11.0 Å². The summed E-state index contributed by atoms with van der Waals surface area (Å²) in [5.41, 5.74) is 3.52. The van der Waals surface area contributed by atoms with Crippen molar-refractivity contribution in [1.29, 1.82) is 0 Å². The molecular weight excluding hydrogens is 556 g/mol. The van der Waals surface area contributed by atoms with Gasteiger partial charge in [-0.1, -0.05) is 70.4 Å². The summed E-state index contributed by atoms with van der Waals surface area (Å²) in [5, 5.41) is 7.77. The molecule has 2 aromatic rings. The number of nitrogens with one attached hydrogen (secondary N) is 1. The van der Waals surface area contributed by atoms with Crippen molar-refractivity contribution in [2.45, 2.75) is 77.0 Å². The Bertz CT molecular complexity index is 1200. The van der Waals surface area contributed by atoms with Crippen LogP contribution in [0, 0.1) is 17.8 Å². The van der Waals surface area contributed by atoms with Gasteiger partial charge in [-0.2, -0.15) is 0 Å². The lowest BCUT2D eigenvalue weighted by Crippen LogP contribution is -2.34. The van der Waals surface area contributed by atoms with Crippen molar-refractivity contribution in [3.63, 3.8) is 0 Å². The number of rotatable bonds is 4. The van der Waals surface area contributed by atoms with Gasteiger partial charge >= 0.3 is 0 Å². The molecule has 4 rings (SSSR count). The zero-order valence-electron chi connectivity index (χ0n) is 25.2. The molecule has 5 atom stereocenters. The van der Waals surface area contributed by atoms with Crippen molar-refractivity contribution in [3.8, 4) is 5.75 Å². The summed E-state index contributed by atoms with van der Waals surface area (Å²) in [6.45, 7) is 10.7. The van der Waals surface area contributed by atoms with E-state index in [9.17, 15) is 9.00 Å². The van der Waals surface area contributed by atoms with E-state index in [1.807, 2.05) is 31.2 Å². The van der Waals surface area contributed by atoms with Crippen LogP contribution in [0.4, 0.5) is 5.69 Å². The van der Waals surface area contributed by atoms with E-state index in [1.54, 1.807) is 0 Å². The van der Waals surface area contributed by atoms with Crippen molar-refractivity contribution in [2.75, 3.05) is 31.7 Å². The van der Waals surface area contributed by atoms with Crippen LogP contribution in [0.3, 0.4) is 0 Å². The summed E-state index contributed by atoms with van der Waals surface area (Å²) in [5.74, 6) is 1.31. The van der Waals surface area contributed by atoms with Crippen LogP contribution in [0.15, 0.2) is 53.4 Å². The Morgan fingerprint density at radius 3 is 2.59 bits per heavy atom. The van der Waals surface area contributed by atoms with Crippen LogP contribution in [-0.4, -0.2) is 42.0 Å². The van der Waals surface area contributed by atoms with E-state index in [2.05, 4.69) is 54.7 Å². The van der Waals surface area contributed by atoms with Crippen molar-refractivity contribution in [3.05, 3.63) is 64.7 Å². The summed E-state index contributed by atoms with van der Waals surface area (Å²) in [6.07, 6.45) is 10.6. The lowest BCUT2D eigenvalue weighted by molar-refractivity contribution is -0.123. The van der Waals surface area contributed by atoms with E-state index in [4.69, 9.17) is 21.4 Å². The number of aliphatic hydroxyl groups excluding tert-OH is 1. The Hall–Kier alpha value is -2.35. The van der Waals surface area contributed by atoms with Gasteiger partial charge in [-0.25, -0.2) is 4.21 Å². The number of carbonyl (C=O) groups is 1. The van der Waals surface area contributed by atoms with Crippen LogP contribution >= 0.6 is 11.6 Å². The Balaban J connectivity index is 0.00000226. The van der Waals surface area contributed by atoms with Crippen LogP contribution in [-0.2, 0) is 22.2 Å². The molecule has 6 nitrogen and oxygen atoms in total. The lowest BCUT2D eigenvalue weighted by atomic mass is 9.91. The average Bonchev–Trinajstić information content (AvgIpc) is 3.16. The first kappa shape index (κ1) is 33.2. The van der Waals surface area contributed by atoms with Gasteiger partial charge in [-0.3, -0.25) is 9.52 Å². The Morgan fingerprint density at radius 1 is 1.10 bits per heavy atom. The molecule has 226 valence electrons. The molecule has 2 bridgehead atoms. The highest BCUT2D eigenvalue weighted by atomic mass is 35.5. The van der Waals surface area contributed by atoms with Crippen molar-refractivity contribution in [2.24, 2.45) is 17.8 Å². The maximum atomic E-state index is 13.3. The molecule has 0 spiro atoms. The van der Waals surface area contributed by atoms with Gasteiger partial charge < -0.3 is 14.7 Å². The monoisotopic (exact) mass is 602 g/mol. The number of aryl methyl sites for hydroxylation is 1. The number of hydrogen-bond acceptors (Lipinski definition) is 5. The molecule has 0 aliphatic carbocycles.